The third-order valence-corrected chi connectivity index (χ3v) is 3.91. The Bertz CT molecular complexity index is 593. The number of hydrogen-bond acceptors (Lipinski definition) is 7. The van der Waals surface area contributed by atoms with Crippen LogP contribution in [0.25, 0.3) is 0 Å². The van der Waals surface area contributed by atoms with Crippen molar-refractivity contribution in [3.05, 3.63) is 27.9 Å². The highest BCUT2D eigenvalue weighted by Gasteiger charge is 2.26. The Kier molecular flexibility index (Phi) is 5.84. The lowest BCUT2D eigenvalue weighted by molar-refractivity contribution is -0.384. The number of anilines is 1. The lowest BCUT2D eigenvalue weighted by Crippen LogP contribution is -2.45. The Labute approximate surface area is 135 Å². The van der Waals surface area contributed by atoms with Crippen LogP contribution in [0, 0.1) is 27.4 Å². The summed E-state index contributed by atoms with van der Waals surface area (Å²) >= 11 is 0. The van der Waals surface area contributed by atoms with E-state index in [0.29, 0.717) is 13.2 Å². The minimum atomic E-state index is -0.556. The molecule has 0 amide bonds. The Hall–Kier alpha value is -2.24. The van der Waals surface area contributed by atoms with E-state index in [9.17, 15) is 10.1 Å². The second-order valence-electron chi connectivity index (χ2n) is 5.83. The topological polar surface area (TPSA) is 104 Å². The van der Waals surface area contributed by atoms with Crippen LogP contribution in [-0.2, 0) is 4.74 Å². The fourth-order valence-electron chi connectivity index (χ4n) is 2.50. The summed E-state index contributed by atoms with van der Waals surface area (Å²) in [5.74, 6) is 0.408. The number of ether oxygens (including phenoxy) is 1. The van der Waals surface area contributed by atoms with E-state index >= 15 is 0 Å². The molecular weight excluding hydrogens is 298 g/mol. The van der Waals surface area contributed by atoms with Gasteiger partial charge in [0.1, 0.15) is 11.6 Å². The molecule has 1 atom stereocenters. The lowest BCUT2D eigenvalue weighted by Gasteiger charge is -2.32. The fourth-order valence-corrected chi connectivity index (χ4v) is 2.50. The Morgan fingerprint density at radius 3 is 2.78 bits per heavy atom. The normalized spacial score (nSPS) is 16.8. The first-order chi connectivity index (χ1) is 11.0. The predicted octanol–water partition coefficient (Wildman–Crippen LogP) is 1.63. The minimum absolute atomic E-state index is 0.00626. The summed E-state index contributed by atoms with van der Waals surface area (Å²) in [7, 11) is 0. The van der Waals surface area contributed by atoms with Crippen molar-refractivity contribution in [2.45, 2.75) is 19.9 Å². The van der Waals surface area contributed by atoms with Crippen LogP contribution in [0.1, 0.15) is 19.4 Å². The smallest absolute Gasteiger partial charge is 0.328 e. The van der Waals surface area contributed by atoms with Crippen molar-refractivity contribution in [2.24, 2.45) is 5.92 Å². The number of nitriles is 1. The van der Waals surface area contributed by atoms with Crippen molar-refractivity contribution in [2.75, 3.05) is 38.2 Å². The maximum Gasteiger partial charge on any atom is 0.328 e. The second-order valence-corrected chi connectivity index (χ2v) is 5.83. The molecule has 0 radical (unpaired) electrons. The first-order valence-corrected chi connectivity index (χ1v) is 7.63. The van der Waals surface area contributed by atoms with Crippen molar-refractivity contribution >= 4 is 11.5 Å². The zero-order chi connectivity index (χ0) is 16.8. The molecule has 1 saturated heterocycles. The maximum absolute atomic E-state index is 11.3. The third-order valence-electron chi connectivity index (χ3n) is 3.91. The summed E-state index contributed by atoms with van der Waals surface area (Å²) in [5.41, 5.74) is -0.246. The summed E-state index contributed by atoms with van der Waals surface area (Å²) in [6.07, 6.45) is 1.42. The van der Waals surface area contributed by atoms with Crippen LogP contribution < -0.4 is 5.32 Å². The highest BCUT2D eigenvalue weighted by atomic mass is 16.6. The fraction of sp³-hybridized carbons (Fsp3) is 0.600. The molecule has 124 valence electrons. The average Bonchev–Trinajstić information content (AvgIpc) is 2.54. The van der Waals surface area contributed by atoms with E-state index in [1.165, 1.54) is 12.3 Å². The molecule has 23 heavy (non-hydrogen) atoms. The van der Waals surface area contributed by atoms with Gasteiger partial charge in [0.15, 0.2) is 0 Å². The van der Waals surface area contributed by atoms with Gasteiger partial charge in [-0.1, -0.05) is 13.8 Å². The highest BCUT2D eigenvalue weighted by Crippen LogP contribution is 2.27. The van der Waals surface area contributed by atoms with Gasteiger partial charge in [-0.15, -0.1) is 0 Å². The molecule has 1 N–H and O–H groups in total. The number of aromatic nitrogens is 1. The number of hydrogen-bond donors (Lipinski definition) is 1. The van der Waals surface area contributed by atoms with Crippen LogP contribution >= 0.6 is 0 Å². The summed E-state index contributed by atoms with van der Waals surface area (Å²) < 4.78 is 5.34. The number of nitro groups is 1. The summed E-state index contributed by atoms with van der Waals surface area (Å²) in [4.78, 5) is 17.1. The van der Waals surface area contributed by atoms with Gasteiger partial charge in [0, 0.05) is 31.9 Å². The van der Waals surface area contributed by atoms with Crippen LogP contribution in [0.4, 0.5) is 11.5 Å². The van der Waals surface area contributed by atoms with Crippen molar-refractivity contribution in [1.82, 2.24) is 9.88 Å². The molecule has 1 aliphatic heterocycles. The molecule has 0 aromatic carbocycles. The van der Waals surface area contributed by atoms with Crippen molar-refractivity contribution in [3.63, 3.8) is 0 Å². The minimum Gasteiger partial charge on any atom is -0.379 e. The first kappa shape index (κ1) is 17.1. The first-order valence-electron chi connectivity index (χ1n) is 7.63. The molecule has 8 nitrogen and oxygen atoms in total. The Balaban J connectivity index is 2.19. The molecule has 1 aromatic heterocycles. The number of nitrogens with one attached hydrogen (secondary N) is 1. The van der Waals surface area contributed by atoms with E-state index in [0.717, 1.165) is 19.6 Å². The van der Waals surface area contributed by atoms with Gasteiger partial charge in [-0.3, -0.25) is 15.0 Å². The van der Waals surface area contributed by atoms with Gasteiger partial charge in [0.2, 0.25) is 5.82 Å². The van der Waals surface area contributed by atoms with E-state index in [4.69, 9.17) is 10.00 Å². The predicted molar refractivity (Wildman–Crippen MR) is 85.1 cm³/mol. The van der Waals surface area contributed by atoms with E-state index in [2.05, 4.69) is 29.0 Å². The molecule has 1 fully saturated rings. The average molecular weight is 319 g/mol. The van der Waals surface area contributed by atoms with Gasteiger partial charge in [-0.2, -0.15) is 5.26 Å². The number of morpholine rings is 1. The van der Waals surface area contributed by atoms with Gasteiger partial charge >= 0.3 is 5.69 Å². The van der Waals surface area contributed by atoms with Crippen molar-refractivity contribution < 1.29 is 9.66 Å². The molecule has 0 unspecified atom stereocenters. The zero-order valence-corrected chi connectivity index (χ0v) is 13.4. The molecule has 0 aliphatic carbocycles. The summed E-state index contributed by atoms with van der Waals surface area (Å²) in [5, 5.41) is 23.5. The third kappa shape index (κ3) is 4.37. The Morgan fingerprint density at radius 2 is 2.22 bits per heavy atom. The van der Waals surface area contributed by atoms with Crippen molar-refractivity contribution in [3.8, 4) is 6.07 Å². The largest absolute Gasteiger partial charge is 0.379 e. The molecule has 2 rings (SSSR count). The molecule has 2 heterocycles. The van der Waals surface area contributed by atoms with E-state index in [1.807, 2.05) is 6.07 Å². The van der Waals surface area contributed by atoms with Crippen LogP contribution in [0.3, 0.4) is 0 Å². The van der Waals surface area contributed by atoms with Crippen LogP contribution in [0.2, 0.25) is 0 Å². The molecule has 0 spiro atoms. The number of pyridine rings is 1. The van der Waals surface area contributed by atoms with Gasteiger partial charge < -0.3 is 10.1 Å². The Morgan fingerprint density at radius 1 is 1.52 bits per heavy atom. The van der Waals surface area contributed by atoms with Gasteiger partial charge in [0.05, 0.1) is 18.1 Å². The van der Waals surface area contributed by atoms with Gasteiger partial charge in [0.25, 0.3) is 0 Å². The van der Waals surface area contributed by atoms with Gasteiger partial charge in [-0.05, 0) is 12.0 Å². The summed E-state index contributed by atoms with van der Waals surface area (Å²) in [6.45, 7) is 7.95. The highest BCUT2D eigenvalue weighted by molar-refractivity contribution is 5.64. The molecular formula is C15H21N5O3. The van der Waals surface area contributed by atoms with Crippen LogP contribution in [0.15, 0.2) is 12.3 Å². The molecule has 0 saturated carbocycles. The molecule has 0 bridgehead atoms. The number of rotatable bonds is 6. The monoisotopic (exact) mass is 319 g/mol. The molecule has 1 aliphatic rings. The summed E-state index contributed by atoms with van der Waals surface area (Å²) in [6, 6.07) is 3.20. The SMILES string of the molecule is CC(C)[C@@H](CN1CCOCC1)Nc1nccc(C#N)c1[N+](=O)[O-]. The maximum atomic E-state index is 11.3. The van der Waals surface area contributed by atoms with Crippen molar-refractivity contribution in [1.29, 1.82) is 5.26 Å². The van der Waals surface area contributed by atoms with E-state index in [-0.39, 0.29) is 29.0 Å². The van der Waals surface area contributed by atoms with E-state index in [1.54, 1.807) is 0 Å². The molecule has 1 aromatic rings. The quantitative estimate of drug-likeness (QED) is 0.627. The second kappa shape index (κ2) is 7.85. The zero-order valence-electron chi connectivity index (χ0n) is 13.4. The van der Waals surface area contributed by atoms with Crippen LogP contribution in [-0.4, -0.2) is 53.7 Å². The van der Waals surface area contributed by atoms with Gasteiger partial charge in [-0.25, -0.2) is 4.98 Å². The lowest BCUT2D eigenvalue weighted by atomic mass is 10.0. The standard InChI is InChI=1S/C15H21N5O3/c1-11(2)13(10-19-5-7-23-8-6-19)18-15-14(20(21)22)12(9-16)3-4-17-15/h3-4,11,13H,5-8,10H2,1-2H3,(H,17,18)/t13-/m1/s1. The van der Waals surface area contributed by atoms with Crippen LogP contribution in [0.5, 0.6) is 0 Å². The van der Waals surface area contributed by atoms with E-state index < -0.39 is 4.92 Å². The number of nitrogens with zero attached hydrogens (tertiary/aromatic N) is 4. The molecule has 8 heteroatoms.